The van der Waals surface area contributed by atoms with Crippen molar-refractivity contribution in [1.82, 2.24) is 4.98 Å². The number of nitrogens with zero attached hydrogens (tertiary/aromatic N) is 2. The van der Waals surface area contributed by atoms with Crippen LogP contribution < -0.4 is 4.90 Å². The number of hydrogen-bond acceptors (Lipinski definition) is 4. The molecule has 0 bridgehead atoms. The molecule has 0 radical (unpaired) electrons. The molecular formula is C18H18N2O2S. The minimum absolute atomic E-state index is 0.764. The van der Waals surface area contributed by atoms with Crippen LogP contribution in [0.4, 0.5) is 10.5 Å². The molecule has 1 heterocycles. The Hall–Kier alpha value is -2.27. The van der Waals surface area contributed by atoms with E-state index in [4.69, 9.17) is 4.98 Å². The molecule has 2 aromatic carbocycles. The Labute approximate surface area is 139 Å². The Kier molecular flexibility index (Phi) is 4.39. The fraction of sp³-hybridized carbons (Fsp3) is 0.222. The number of hydrogen-bond donors (Lipinski definition) is 1. The van der Waals surface area contributed by atoms with Gasteiger partial charge in [-0.15, -0.1) is 0 Å². The fourth-order valence-electron chi connectivity index (χ4n) is 2.90. The summed E-state index contributed by atoms with van der Waals surface area (Å²) >= 11 is 0.860. The van der Waals surface area contributed by atoms with Gasteiger partial charge >= 0.3 is 5.30 Å². The van der Waals surface area contributed by atoms with Gasteiger partial charge < -0.3 is 10.0 Å². The maximum Gasteiger partial charge on any atom is 0.369 e. The molecule has 118 valence electrons. The largest absolute Gasteiger partial charge is 0.473 e. The van der Waals surface area contributed by atoms with Crippen LogP contribution in [0, 0.1) is 0 Å². The molecule has 1 aromatic heterocycles. The molecule has 4 nitrogen and oxygen atoms in total. The third-order valence-corrected chi connectivity index (χ3v) is 4.73. The van der Waals surface area contributed by atoms with Crippen LogP contribution in [-0.4, -0.2) is 28.5 Å². The number of fused-ring (bicyclic) bond motifs is 2. The summed E-state index contributed by atoms with van der Waals surface area (Å²) in [5.41, 5.74) is 2.69. The van der Waals surface area contributed by atoms with Crippen molar-refractivity contribution in [2.24, 2.45) is 0 Å². The van der Waals surface area contributed by atoms with Gasteiger partial charge in [-0.2, -0.15) is 0 Å². The van der Waals surface area contributed by atoms with Gasteiger partial charge in [-0.1, -0.05) is 24.3 Å². The average Bonchev–Trinajstić information content (AvgIpc) is 2.55. The molecule has 1 N–H and O–H groups in total. The van der Waals surface area contributed by atoms with Crippen molar-refractivity contribution in [3.8, 4) is 0 Å². The number of aromatic nitrogens is 1. The number of thioether (sulfide) groups is 1. The minimum Gasteiger partial charge on any atom is -0.473 e. The van der Waals surface area contributed by atoms with E-state index in [9.17, 15) is 9.90 Å². The lowest BCUT2D eigenvalue weighted by Gasteiger charge is -2.24. The maximum atomic E-state index is 11.4. The highest BCUT2D eigenvalue weighted by molar-refractivity contribution is 8.13. The Morgan fingerprint density at radius 2 is 1.78 bits per heavy atom. The van der Waals surface area contributed by atoms with Crippen LogP contribution in [0.3, 0.4) is 0 Å². The monoisotopic (exact) mass is 326 g/mol. The summed E-state index contributed by atoms with van der Waals surface area (Å²) in [5, 5.41) is 10.3. The Bertz CT molecular complexity index is 875. The zero-order chi connectivity index (χ0) is 16.4. The lowest BCUT2D eigenvalue weighted by atomic mass is 10.1. The molecule has 0 atom stereocenters. The predicted octanol–water partition coefficient (Wildman–Crippen LogP) is 5.00. The van der Waals surface area contributed by atoms with Crippen molar-refractivity contribution in [3.05, 3.63) is 42.5 Å². The zero-order valence-corrected chi connectivity index (χ0v) is 13.9. The van der Waals surface area contributed by atoms with Crippen LogP contribution in [0.1, 0.15) is 13.8 Å². The SMILES string of the molecule is CCN(CC)c1cccc2nc3ccccc3c(SC(=O)O)c12. The highest BCUT2D eigenvalue weighted by Crippen LogP contribution is 2.39. The Balaban J connectivity index is 2.43. The van der Waals surface area contributed by atoms with Gasteiger partial charge in [0, 0.05) is 34.4 Å². The van der Waals surface area contributed by atoms with Gasteiger partial charge in [0.2, 0.25) is 0 Å². The van der Waals surface area contributed by atoms with E-state index in [-0.39, 0.29) is 0 Å². The molecule has 0 saturated heterocycles. The molecule has 0 aliphatic heterocycles. The third kappa shape index (κ3) is 2.84. The van der Waals surface area contributed by atoms with E-state index in [2.05, 4.69) is 18.7 Å². The Morgan fingerprint density at radius 3 is 2.48 bits per heavy atom. The third-order valence-electron chi connectivity index (χ3n) is 3.93. The van der Waals surface area contributed by atoms with Crippen LogP contribution in [-0.2, 0) is 0 Å². The lowest BCUT2D eigenvalue weighted by Crippen LogP contribution is -2.22. The van der Waals surface area contributed by atoms with Crippen molar-refractivity contribution < 1.29 is 9.90 Å². The van der Waals surface area contributed by atoms with E-state index < -0.39 is 5.30 Å². The molecular weight excluding hydrogens is 308 g/mol. The normalized spacial score (nSPS) is 11.0. The molecule has 5 heteroatoms. The minimum atomic E-state index is -0.906. The molecule has 0 aliphatic carbocycles. The smallest absolute Gasteiger partial charge is 0.369 e. The van der Waals surface area contributed by atoms with Gasteiger partial charge in [-0.3, -0.25) is 0 Å². The molecule has 3 aromatic rings. The first kappa shape index (κ1) is 15.6. The summed E-state index contributed by atoms with van der Waals surface area (Å²) in [6.45, 7) is 5.92. The van der Waals surface area contributed by atoms with Gasteiger partial charge in [-0.05, 0) is 43.8 Å². The fourth-order valence-corrected chi connectivity index (χ4v) is 3.67. The standard InChI is InChI=1S/C18H18N2O2S/c1-3-20(4-2)15-11-7-10-14-16(15)17(23-18(21)22)12-8-5-6-9-13(12)19-14/h5-11H,3-4H2,1-2H3,(H,21,22). The highest BCUT2D eigenvalue weighted by atomic mass is 32.2. The van der Waals surface area contributed by atoms with Crippen molar-refractivity contribution in [1.29, 1.82) is 0 Å². The number of para-hydroxylation sites is 1. The summed E-state index contributed by atoms with van der Waals surface area (Å²) in [6, 6.07) is 13.7. The molecule has 23 heavy (non-hydrogen) atoms. The summed E-state index contributed by atoms with van der Waals surface area (Å²) in [4.78, 5) is 19.1. The van der Waals surface area contributed by atoms with Crippen molar-refractivity contribution in [2.75, 3.05) is 18.0 Å². The second-order valence-electron chi connectivity index (χ2n) is 5.17. The first-order chi connectivity index (χ1) is 11.2. The van der Waals surface area contributed by atoms with Gasteiger partial charge in [0.15, 0.2) is 0 Å². The van der Waals surface area contributed by atoms with Crippen molar-refractivity contribution in [3.63, 3.8) is 0 Å². The van der Waals surface area contributed by atoms with E-state index in [0.29, 0.717) is 0 Å². The van der Waals surface area contributed by atoms with E-state index in [1.807, 2.05) is 42.5 Å². The van der Waals surface area contributed by atoms with E-state index in [1.54, 1.807) is 0 Å². The van der Waals surface area contributed by atoms with E-state index in [1.165, 1.54) is 0 Å². The average molecular weight is 326 g/mol. The van der Waals surface area contributed by atoms with Crippen LogP contribution >= 0.6 is 11.8 Å². The molecule has 0 unspecified atom stereocenters. The first-order valence-electron chi connectivity index (χ1n) is 7.62. The van der Waals surface area contributed by atoms with Crippen molar-refractivity contribution in [2.45, 2.75) is 18.7 Å². The highest BCUT2D eigenvalue weighted by Gasteiger charge is 2.17. The quantitative estimate of drug-likeness (QED) is 0.540. The lowest BCUT2D eigenvalue weighted by molar-refractivity contribution is 0.222. The number of rotatable bonds is 4. The second-order valence-corrected chi connectivity index (χ2v) is 6.13. The van der Waals surface area contributed by atoms with E-state index in [0.717, 1.165) is 57.2 Å². The number of benzene rings is 2. The van der Waals surface area contributed by atoms with Crippen LogP contribution in [0.25, 0.3) is 21.8 Å². The predicted molar refractivity (Wildman–Crippen MR) is 96.7 cm³/mol. The molecule has 0 saturated carbocycles. The number of carboxylic acid groups (broad SMARTS) is 1. The molecule has 3 rings (SSSR count). The molecule has 0 fully saturated rings. The first-order valence-corrected chi connectivity index (χ1v) is 8.44. The molecule has 0 aliphatic rings. The number of pyridine rings is 1. The van der Waals surface area contributed by atoms with E-state index >= 15 is 0 Å². The zero-order valence-electron chi connectivity index (χ0n) is 13.1. The Morgan fingerprint density at radius 1 is 1.09 bits per heavy atom. The van der Waals surface area contributed by atoms with Crippen molar-refractivity contribution >= 4 is 44.6 Å². The van der Waals surface area contributed by atoms with Gasteiger partial charge in [-0.25, -0.2) is 9.78 Å². The summed E-state index contributed by atoms with van der Waals surface area (Å²) < 4.78 is 0. The molecule has 0 amide bonds. The second kappa shape index (κ2) is 6.46. The summed E-state index contributed by atoms with van der Waals surface area (Å²) in [6.07, 6.45) is 0. The molecule has 0 spiro atoms. The summed E-state index contributed by atoms with van der Waals surface area (Å²) in [5.74, 6) is 0. The maximum absolute atomic E-state index is 11.4. The van der Waals surface area contributed by atoms with Gasteiger partial charge in [0.05, 0.1) is 11.0 Å². The number of anilines is 1. The van der Waals surface area contributed by atoms with Gasteiger partial charge in [0.25, 0.3) is 0 Å². The van der Waals surface area contributed by atoms with Crippen LogP contribution in [0.5, 0.6) is 0 Å². The van der Waals surface area contributed by atoms with Crippen LogP contribution in [0.2, 0.25) is 0 Å². The van der Waals surface area contributed by atoms with Crippen LogP contribution in [0.15, 0.2) is 47.4 Å². The topological polar surface area (TPSA) is 53.4 Å². The summed E-state index contributed by atoms with van der Waals surface area (Å²) in [7, 11) is 0. The number of carbonyl (C=O) groups is 1. The van der Waals surface area contributed by atoms with Gasteiger partial charge in [0.1, 0.15) is 0 Å².